The molecular formula is C12H18N2O3S. The third-order valence-electron chi connectivity index (χ3n) is 3.05. The normalized spacial score (nSPS) is 18.8. The zero-order chi connectivity index (χ0) is 13.2. The van der Waals surface area contributed by atoms with Crippen molar-refractivity contribution >= 4 is 10.0 Å². The van der Waals surface area contributed by atoms with Crippen molar-refractivity contribution in [3.05, 3.63) is 23.9 Å². The van der Waals surface area contributed by atoms with Crippen LogP contribution < -0.4 is 4.74 Å². The second-order valence-corrected chi connectivity index (χ2v) is 6.63. The van der Waals surface area contributed by atoms with Gasteiger partial charge in [0.15, 0.2) is 0 Å². The Morgan fingerprint density at radius 3 is 2.61 bits per heavy atom. The second kappa shape index (κ2) is 5.24. The topological polar surface area (TPSA) is 59.5 Å². The number of pyridine rings is 1. The fraction of sp³-hybridized carbons (Fsp3) is 0.583. The third-order valence-corrected chi connectivity index (χ3v) is 4.35. The smallest absolute Gasteiger partial charge is 0.213 e. The van der Waals surface area contributed by atoms with E-state index in [1.54, 1.807) is 6.20 Å². The van der Waals surface area contributed by atoms with Gasteiger partial charge in [-0.15, -0.1) is 0 Å². The molecular weight excluding hydrogens is 252 g/mol. The molecule has 0 aromatic carbocycles. The Bertz CT molecular complexity index is 508. The number of hydrogen-bond acceptors (Lipinski definition) is 4. The Labute approximate surface area is 108 Å². The number of nitrogens with zero attached hydrogens (tertiary/aromatic N) is 2. The van der Waals surface area contributed by atoms with Crippen molar-refractivity contribution in [2.24, 2.45) is 0 Å². The lowest BCUT2D eigenvalue weighted by molar-refractivity contribution is 0.130. The Hall–Kier alpha value is -1.14. The van der Waals surface area contributed by atoms with E-state index in [0.29, 0.717) is 31.8 Å². The molecule has 2 rings (SSSR count). The molecule has 0 bridgehead atoms. The number of piperidine rings is 1. The molecule has 1 aliphatic rings. The number of hydrogen-bond donors (Lipinski definition) is 0. The molecule has 0 radical (unpaired) electrons. The number of aromatic nitrogens is 1. The van der Waals surface area contributed by atoms with E-state index in [2.05, 4.69) is 4.98 Å². The summed E-state index contributed by atoms with van der Waals surface area (Å²) >= 11 is 0. The van der Waals surface area contributed by atoms with Gasteiger partial charge in [-0.2, -0.15) is 0 Å². The van der Waals surface area contributed by atoms with E-state index in [0.717, 1.165) is 5.56 Å². The van der Waals surface area contributed by atoms with Crippen molar-refractivity contribution in [3.8, 4) is 5.88 Å². The Balaban J connectivity index is 1.91. The zero-order valence-corrected chi connectivity index (χ0v) is 11.5. The molecule has 1 aromatic heterocycles. The van der Waals surface area contributed by atoms with Crippen molar-refractivity contribution in [2.75, 3.05) is 19.3 Å². The van der Waals surface area contributed by atoms with E-state index < -0.39 is 10.0 Å². The van der Waals surface area contributed by atoms with Gasteiger partial charge >= 0.3 is 0 Å². The molecule has 0 unspecified atom stereocenters. The summed E-state index contributed by atoms with van der Waals surface area (Å²) in [6, 6.07) is 3.81. The molecule has 0 N–H and O–H groups in total. The van der Waals surface area contributed by atoms with Crippen LogP contribution in [0.3, 0.4) is 0 Å². The largest absolute Gasteiger partial charge is 0.474 e. The standard InChI is InChI=1S/C12H18N2O3S/c1-10-3-6-13-12(9-10)17-11-4-7-14(8-5-11)18(2,15)16/h3,6,9,11H,4-5,7-8H2,1-2H3. The number of aryl methyl sites for hydroxylation is 1. The van der Waals surface area contributed by atoms with Crippen LogP contribution in [0.4, 0.5) is 0 Å². The van der Waals surface area contributed by atoms with Gasteiger partial charge in [-0.1, -0.05) is 0 Å². The van der Waals surface area contributed by atoms with Crippen LogP contribution in [-0.2, 0) is 10.0 Å². The Kier molecular flexibility index (Phi) is 3.87. The molecule has 0 amide bonds. The summed E-state index contributed by atoms with van der Waals surface area (Å²) in [6.07, 6.45) is 4.44. The van der Waals surface area contributed by atoms with Crippen molar-refractivity contribution in [1.82, 2.24) is 9.29 Å². The van der Waals surface area contributed by atoms with Crippen molar-refractivity contribution in [1.29, 1.82) is 0 Å². The molecule has 0 atom stereocenters. The van der Waals surface area contributed by atoms with Crippen molar-refractivity contribution < 1.29 is 13.2 Å². The van der Waals surface area contributed by atoms with Crippen LogP contribution in [0.1, 0.15) is 18.4 Å². The molecule has 5 nitrogen and oxygen atoms in total. The van der Waals surface area contributed by atoms with E-state index in [-0.39, 0.29) is 6.10 Å². The maximum absolute atomic E-state index is 11.4. The second-order valence-electron chi connectivity index (χ2n) is 4.65. The van der Waals surface area contributed by atoms with Gasteiger partial charge in [0, 0.05) is 25.4 Å². The summed E-state index contributed by atoms with van der Waals surface area (Å²) in [5.74, 6) is 0.618. The maximum Gasteiger partial charge on any atom is 0.213 e. The number of sulfonamides is 1. The van der Waals surface area contributed by atoms with E-state index >= 15 is 0 Å². The lowest BCUT2D eigenvalue weighted by Crippen LogP contribution is -2.41. The van der Waals surface area contributed by atoms with Crippen LogP contribution in [0.2, 0.25) is 0 Å². The number of rotatable bonds is 3. The average molecular weight is 270 g/mol. The first-order valence-electron chi connectivity index (χ1n) is 5.99. The molecule has 0 saturated carbocycles. The highest BCUT2D eigenvalue weighted by molar-refractivity contribution is 7.88. The van der Waals surface area contributed by atoms with Gasteiger partial charge in [0.2, 0.25) is 15.9 Å². The molecule has 1 aliphatic heterocycles. The highest BCUT2D eigenvalue weighted by Crippen LogP contribution is 2.19. The summed E-state index contributed by atoms with van der Waals surface area (Å²) in [5.41, 5.74) is 1.11. The molecule has 6 heteroatoms. The Morgan fingerprint density at radius 1 is 1.39 bits per heavy atom. The van der Waals surface area contributed by atoms with Gasteiger partial charge in [0.25, 0.3) is 0 Å². The molecule has 0 aliphatic carbocycles. The highest BCUT2D eigenvalue weighted by atomic mass is 32.2. The van der Waals surface area contributed by atoms with E-state index in [4.69, 9.17) is 4.74 Å². The fourth-order valence-corrected chi connectivity index (χ4v) is 2.90. The molecule has 100 valence electrons. The van der Waals surface area contributed by atoms with Gasteiger partial charge < -0.3 is 4.74 Å². The lowest BCUT2D eigenvalue weighted by Gasteiger charge is -2.30. The van der Waals surface area contributed by atoms with Crippen LogP contribution >= 0.6 is 0 Å². The van der Waals surface area contributed by atoms with Crippen LogP contribution in [-0.4, -0.2) is 43.2 Å². The van der Waals surface area contributed by atoms with Gasteiger partial charge in [-0.3, -0.25) is 0 Å². The van der Waals surface area contributed by atoms with Gasteiger partial charge in [-0.25, -0.2) is 17.7 Å². The van der Waals surface area contributed by atoms with Gasteiger partial charge in [0.1, 0.15) is 6.10 Å². The molecule has 0 spiro atoms. The van der Waals surface area contributed by atoms with Crippen LogP contribution in [0, 0.1) is 6.92 Å². The first kappa shape index (κ1) is 13.3. The lowest BCUT2D eigenvalue weighted by atomic mass is 10.1. The van der Waals surface area contributed by atoms with Gasteiger partial charge in [0.05, 0.1) is 6.26 Å². The summed E-state index contributed by atoms with van der Waals surface area (Å²) in [4.78, 5) is 4.15. The van der Waals surface area contributed by atoms with E-state index in [1.165, 1.54) is 10.6 Å². The Morgan fingerprint density at radius 2 is 2.06 bits per heavy atom. The zero-order valence-electron chi connectivity index (χ0n) is 10.7. The minimum absolute atomic E-state index is 0.0531. The first-order chi connectivity index (χ1) is 8.45. The maximum atomic E-state index is 11.4. The monoisotopic (exact) mass is 270 g/mol. The van der Waals surface area contributed by atoms with Crippen molar-refractivity contribution in [2.45, 2.75) is 25.9 Å². The summed E-state index contributed by atoms with van der Waals surface area (Å²) < 4.78 is 30.0. The minimum atomic E-state index is -3.07. The quantitative estimate of drug-likeness (QED) is 0.828. The predicted octanol–water partition coefficient (Wildman–Crippen LogP) is 1.19. The van der Waals surface area contributed by atoms with E-state index in [1.807, 2.05) is 19.1 Å². The van der Waals surface area contributed by atoms with E-state index in [9.17, 15) is 8.42 Å². The van der Waals surface area contributed by atoms with Crippen molar-refractivity contribution in [3.63, 3.8) is 0 Å². The minimum Gasteiger partial charge on any atom is -0.474 e. The molecule has 2 heterocycles. The molecule has 1 saturated heterocycles. The van der Waals surface area contributed by atoms with Gasteiger partial charge in [-0.05, 0) is 31.4 Å². The molecule has 18 heavy (non-hydrogen) atoms. The van der Waals surface area contributed by atoms with Crippen LogP contribution in [0.15, 0.2) is 18.3 Å². The summed E-state index contributed by atoms with van der Waals surface area (Å²) in [7, 11) is -3.07. The highest BCUT2D eigenvalue weighted by Gasteiger charge is 2.25. The first-order valence-corrected chi connectivity index (χ1v) is 7.84. The third kappa shape index (κ3) is 3.43. The average Bonchev–Trinajstić information content (AvgIpc) is 2.28. The van der Waals surface area contributed by atoms with Crippen LogP contribution in [0.5, 0.6) is 5.88 Å². The molecule has 1 aromatic rings. The predicted molar refractivity (Wildman–Crippen MR) is 69.0 cm³/mol. The fourth-order valence-electron chi connectivity index (χ4n) is 2.03. The SMILES string of the molecule is Cc1ccnc(OC2CCN(S(C)(=O)=O)CC2)c1. The van der Waals surface area contributed by atoms with Crippen LogP contribution in [0.25, 0.3) is 0 Å². The summed E-state index contributed by atoms with van der Waals surface area (Å²) in [5, 5.41) is 0. The number of ether oxygens (including phenoxy) is 1. The molecule has 1 fully saturated rings. The summed E-state index contributed by atoms with van der Waals surface area (Å²) in [6.45, 7) is 3.03.